The number of likely N-dealkylation sites (tertiary alicyclic amines) is 2. The van der Waals surface area contributed by atoms with Gasteiger partial charge in [0.15, 0.2) is 0 Å². The Morgan fingerprint density at radius 3 is 2.45 bits per heavy atom. The zero-order valence-electron chi connectivity index (χ0n) is 12.5. The zero-order valence-corrected chi connectivity index (χ0v) is 12.5. The van der Waals surface area contributed by atoms with Crippen LogP contribution >= 0.6 is 0 Å². The Kier molecular flexibility index (Phi) is 3.71. The second-order valence-corrected chi connectivity index (χ2v) is 6.72. The molecule has 2 saturated heterocycles. The van der Waals surface area contributed by atoms with Crippen LogP contribution in [0.1, 0.15) is 39.5 Å². The van der Waals surface area contributed by atoms with Gasteiger partial charge in [-0.25, -0.2) is 0 Å². The van der Waals surface area contributed by atoms with E-state index in [1.54, 1.807) is 0 Å². The zero-order chi connectivity index (χ0) is 14.3. The Hall–Kier alpha value is -1.10. The summed E-state index contributed by atoms with van der Waals surface area (Å²) >= 11 is 0. The average molecular weight is 279 g/mol. The molecule has 5 nitrogen and oxygen atoms in total. The molecule has 1 unspecified atom stereocenters. The van der Waals surface area contributed by atoms with Gasteiger partial charge in [0.2, 0.25) is 11.8 Å². The van der Waals surface area contributed by atoms with Crippen LogP contribution in [0.3, 0.4) is 0 Å². The Bertz CT molecular complexity index is 400. The number of carbonyl (C=O) groups excluding carboxylic acids is 2. The van der Waals surface area contributed by atoms with Gasteiger partial charge in [-0.2, -0.15) is 0 Å². The first kappa shape index (κ1) is 13.9. The largest absolute Gasteiger partial charge is 0.351 e. The second kappa shape index (κ2) is 5.35. The van der Waals surface area contributed by atoms with Gasteiger partial charge in [0.05, 0.1) is 12.1 Å². The summed E-state index contributed by atoms with van der Waals surface area (Å²) in [5.74, 6) is 0.750. The van der Waals surface area contributed by atoms with E-state index in [9.17, 15) is 9.59 Å². The number of nitrogens with zero attached hydrogens (tertiary/aromatic N) is 2. The van der Waals surface area contributed by atoms with Crippen molar-refractivity contribution >= 4 is 11.8 Å². The van der Waals surface area contributed by atoms with Crippen LogP contribution < -0.4 is 5.32 Å². The van der Waals surface area contributed by atoms with E-state index in [2.05, 4.69) is 24.1 Å². The van der Waals surface area contributed by atoms with Gasteiger partial charge < -0.3 is 10.2 Å². The molecule has 0 radical (unpaired) electrons. The molecular formula is C15H25N3O2. The standard InChI is InChI=1S/C15H25N3O2/c1-10(2)18-7-6-13(15(18)20)17-8-12(9-17)16-14(19)11-4-3-5-11/h10-13H,3-9H2,1-2H3,(H,16,19). The molecule has 0 bridgehead atoms. The third kappa shape index (κ3) is 2.43. The fourth-order valence-corrected chi connectivity index (χ4v) is 3.39. The van der Waals surface area contributed by atoms with E-state index in [-0.39, 0.29) is 29.8 Å². The fourth-order valence-electron chi connectivity index (χ4n) is 3.39. The topological polar surface area (TPSA) is 52.6 Å². The van der Waals surface area contributed by atoms with Crippen LogP contribution in [-0.2, 0) is 9.59 Å². The highest BCUT2D eigenvalue weighted by atomic mass is 16.2. The maximum atomic E-state index is 12.3. The van der Waals surface area contributed by atoms with Crippen LogP contribution in [0.15, 0.2) is 0 Å². The van der Waals surface area contributed by atoms with Crippen molar-refractivity contribution in [2.24, 2.45) is 5.92 Å². The third-order valence-corrected chi connectivity index (χ3v) is 5.01. The average Bonchev–Trinajstić information content (AvgIpc) is 2.62. The van der Waals surface area contributed by atoms with Crippen molar-refractivity contribution < 1.29 is 9.59 Å². The summed E-state index contributed by atoms with van der Waals surface area (Å²) in [7, 11) is 0. The van der Waals surface area contributed by atoms with Crippen molar-refractivity contribution in [3.63, 3.8) is 0 Å². The van der Waals surface area contributed by atoms with E-state index < -0.39 is 0 Å². The normalized spacial score (nSPS) is 28.6. The molecule has 0 spiro atoms. The van der Waals surface area contributed by atoms with Crippen LogP contribution in [-0.4, -0.2) is 59.4 Å². The molecule has 2 amide bonds. The molecule has 2 heterocycles. The summed E-state index contributed by atoms with van der Waals surface area (Å²) < 4.78 is 0. The van der Waals surface area contributed by atoms with E-state index in [0.29, 0.717) is 6.04 Å². The summed E-state index contributed by atoms with van der Waals surface area (Å²) in [6, 6.07) is 0.598. The van der Waals surface area contributed by atoms with E-state index in [1.807, 2.05) is 4.90 Å². The Labute approximate surface area is 120 Å². The summed E-state index contributed by atoms with van der Waals surface area (Å²) in [6.07, 6.45) is 4.22. The highest BCUT2D eigenvalue weighted by Crippen LogP contribution is 2.28. The van der Waals surface area contributed by atoms with Crippen molar-refractivity contribution in [1.29, 1.82) is 0 Å². The molecule has 0 aromatic carbocycles. The SMILES string of the molecule is CC(C)N1CCC(N2CC(NC(=O)C3CCC3)C2)C1=O. The number of rotatable bonds is 4. The predicted octanol–water partition coefficient (Wildman–Crippen LogP) is 0.596. The van der Waals surface area contributed by atoms with Crippen molar-refractivity contribution in [2.75, 3.05) is 19.6 Å². The summed E-state index contributed by atoms with van der Waals surface area (Å²) in [6.45, 7) is 6.68. The first-order valence-electron chi connectivity index (χ1n) is 7.91. The lowest BCUT2D eigenvalue weighted by Gasteiger charge is -2.43. The molecule has 3 aliphatic rings. The quantitative estimate of drug-likeness (QED) is 0.820. The van der Waals surface area contributed by atoms with Gasteiger partial charge in [0, 0.05) is 31.6 Å². The van der Waals surface area contributed by atoms with Crippen LogP contribution in [0, 0.1) is 5.92 Å². The van der Waals surface area contributed by atoms with Crippen LogP contribution in [0.25, 0.3) is 0 Å². The van der Waals surface area contributed by atoms with Crippen LogP contribution in [0.5, 0.6) is 0 Å². The van der Waals surface area contributed by atoms with Gasteiger partial charge in [-0.15, -0.1) is 0 Å². The summed E-state index contributed by atoms with van der Waals surface area (Å²) in [4.78, 5) is 28.3. The molecule has 2 aliphatic heterocycles. The van der Waals surface area contributed by atoms with Gasteiger partial charge in [0.25, 0.3) is 0 Å². The fraction of sp³-hybridized carbons (Fsp3) is 0.867. The second-order valence-electron chi connectivity index (χ2n) is 6.72. The van der Waals surface area contributed by atoms with E-state index in [4.69, 9.17) is 0 Å². The van der Waals surface area contributed by atoms with Gasteiger partial charge in [-0.05, 0) is 33.1 Å². The Balaban J connectivity index is 1.44. The number of hydrogen-bond acceptors (Lipinski definition) is 3. The first-order chi connectivity index (χ1) is 9.56. The van der Waals surface area contributed by atoms with Crippen LogP contribution in [0.4, 0.5) is 0 Å². The molecule has 0 aromatic rings. The van der Waals surface area contributed by atoms with Gasteiger partial charge >= 0.3 is 0 Å². The molecule has 1 atom stereocenters. The first-order valence-corrected chi connectivity index (χ1v) is 7.91. The maximum Gasteiger partial charge on any atom is 0.240 e. The Morgan fingerprint density at radius 2 is 1.95 bits per heavy atom. The minimum Gasteiger partial charge on any atom is -0.351 e. The molecule has 112 valence electrons. The lowest BCUT2D eigenvalue weighted by atomic mass is 9.84. The highest BCUT2D eigenvalue weighted by molar-refractivity contribution is 5.84. The molecule has 1 N–H and O–H groups in total. The number of carbonyl (C=O) groups is 2. The van der Waals surface area contributed by atoms with Crippen molar-refractivity contribution in [1.82, 2.24) is 15.1 Å². The smallest absolute Gasteiger partial charge is 0.240 e. The molecule has 3 rings (SSSR count). The van der Waals surface area contributed by atoms with Gasteiger partial charge in [-0.1, -0.05) is 6.42 Å². The predicted molar refractivity (Wildman–Crippen MR) is 76.1 cm³/mol. The van der Waals surface area contributed by atoms with E-state index in [0.717, 1.165) is 38.9 Å². The van der Waals surface area contributed by atoms with Crippen molar-refractivity contribution in [3.8, 4) is 0 Å². The summed E-state index contributed by atoms with van der Waals surface area (Å²) in [5.41, 5.74) is 0. The minimum atomic E-state index is 0.0502. The lowest BCUT2D eigenvalue weighted by Crippen LogP contribution is -2.64. The number of hydrogen-bond donors (Lipinski definition) is 1. The van der Waals surface area contributed by atoms with Gasteiger partial charge in [-0.3, -0.25) is 14.5 Å². The third-order valence-electron chi connectivity index (χ3n) is 5.01. The maximum absolute atomic E-state index is 12.3. The van der Waals surface area contributed by atoms with Crippen molar-refractivity contribution in [3.05, 3.63) is 0 Å². The molecular weight excluding hydrogens is 254 g/mol. The molecule has 0 aromatic heterocycles. The van der Waals surface area contributed by atoms with E-state index >= 15 is 0 Å². The monoisotopic (exact) mass is 279 g/mol. The molecule has 20 heavy (non-hydrogen) atoms. The number of amides is 2. The molecule has 1 saturated carbocycles. The molecule has 1 aliphatic carbocycles. The Morgan fingerprint density at radius 1 is 1.25 bits per heavy atom. The minimum absolute atomic E-state index is 0.0502. The van der Waals surface area contributed by atoms with Crippen LogP contribution in [0.2, 0.25) is 0 Å². The molecule has 5 heteroatoms. The molecule has 3 fully saturated rings. The number of nitrogens with one attached hydrogen (secondary N) is 1. The van der Waals surface area contributed by atoms with Gasteiger partial charge in [0.1, 0.15) is 0 Å². The van der Waals surface area contributed by atoms with Crippen molar-refractivity contribution in [2.45, 2.75) is 57.7 Å². The summed E-state index contributed by atoms with van der Waals surface area (Å²) in [5, 5.41) is 3.12. The lowest BCUT2D eigenvalue weighted by molar-refractivity contribution is -0.135. The highest BCUT2D eigenvalue weighted by Gasteiger charge is 2.42. The van der Waals surface area contributed by atoms with E-state index in [1.165, 1.54) is 6.42 Å².